The first kappa shape index (κ1) is 13.9. The first-order chi connectivity index (χ1) is 9.69. The number of ether oxygens (including phenoxy) is 1. The van der Waals surface area contributed by atoms with E-state index in [1.165, 1.54) is 0 Å². The van der Waals surface area contributed by atoms with Crippen LogP contribution in [0.25, 0.3) is 5.57 Å². The molecule has 0 radical (unpaired) electrons. The van der Waals surface area contributed by atoms with Crippen LogP contribution in [0.4, 0.5) is 0 Å². The number of hydrogen-bond acceptors (Lipinski definition) is 4. The number of nitrogens with zero attached hydrogens (tertiary/aromatic N) is 2. The lowest BCUT2D eigenvalue weighted by Crippen LogP contribution is -2.00. The van der Waals surface area contributed by atoms with Gasteiger partial charge in [0.2, 0.25) is 0 Å². The Hall–Kier alpha value is -2.51. The molecule has 0 amide bonds. The maximum atomic E-state index is 9.34. The van der Waals surface area contributed by atoms with Gasteiger partial charge in [-0.3, -0.25) is 0 Å². The standard InChI is InChI=1S/C15H11ClN2O2/c1-20-12-5-2-10(3-6-12)13(9-17)11-4-7-15(18-19)14(16)8-11/h2-8,19H,1H3/b13-11-,18-15+. The van der Waals surface area contributed by atoms with Gasteiger partial charge >= 0.3 is 0 Å². The van der Waals surface area contributed by atoms with E-state index >= 15 is 0 Å². The molecule has 1 N–H and O–H groups in total. The van der Waals surface area contributed by atoms with Crippen LogP contribution in [-0.4, -0.2) is 18.0 Å². The molecule has 0 bridgehead atoms. The topological polar surface area (TPSA) is 65.6 Å². The Labute approximate surface area is 121 Å². The fraction of sp³-hybridized carbons (Fsp3) is 0.0667. The molecule has 100 valence electrons. The molecule has 5 heteroatoms. The van der Waals surface area contributed by atoms with Crippen LogP contribution in [0.2, 0.25) is 0 Å². The third-order valence-corrected chi connectivity index (χ3v) is 3.14. The van der Waals surface area contributed by atoms with E-state index in [2.05, 4.69) is 11.2 Å². The van der Waals surface area contributed by atoms with Crippen molar-refractivity contribution < 1.29 is 9.94 Å². The van der Waals surface area contributed by atoms with Gasteiger partial charge in [0.05, 0.1) is 17.7 Å². The van der Waals surface area contributed by atoms with Gasteiger partial charge in [-0.2, -0.15) is 5.26 Å². The quantitative estimate of drug-likeness (QED) is 0.514. The fourth-order valence-electron chi connectivity index (χ4n) is 1.80. The minimum atomic E-state index is 0.266. The number of halogens is 1. The monoisotopic (exact) mass is 286 g/mol. The summed E-state index contributed by atoms with van der Waals surface area (Å²) in [6.45, 7) is 0. The van der Waals surface area contributed by atoms with Crippen molar-refractivity contribution in [2.24, 2.45) is 5.16 Å². The number of allylic oxidation sites excluding steroid dienone is 6. The van der Waals surface area contributed by atoms with Gasteiger partial charge in [-0.05, 0) is 47.6 Å². The largest absolute Gasteiger partial charge is 0.497 e. The van der Waals surface area contributed by atoms with Gasteiger partial charge < -0.3 is 9.94 Å². The molecular formula is C15H11ClN2O2. The van der Waals surface area contributed by atoms with Crippen molar-refractivity contribution in [2.45, 2.75) is 0 Å². The highest BCUT2D eigenvalue weighted by molar-refractivity contribution is 6.46. The lowest BCUT2D eigenvalue weighted by Gasteiger charge is -2.09. The molecule has 0 atom stereocenters. The zero-order chi connectivity index (χ0) is 14.5. The van der Waals surface area contributed by atoms with E-state index in [1.807, 2.05) is 0 Å². The number of methoxy groups -OCH3 is 1. The lowest BCUT2D eigenvalue weighted by atomic mass is 9.97. The molecule has 20 heavy (non-hydrogen) atoms. The molecule has 0 aliphatic heterocycles. The summed E-state index contributed by atoms with van der Waals surface area (Å²) < 4.78 is 5.08. The SMILES string of the molecule is COc1ccc(/C(C#N)=C2C=C/C(=N\O)C(Cl)=C/2)cc1. The fourth-order valence-corrected chi connectivity index (χ4v) is 2.02. The maximum absolute atomic E-state index is 9.34. The first-order valence-electron chi connectivity index (χ1n) is 5.76. The minimum Gasteiger partial charge on any atom is -0.497 e. The van der Waals surface area contributed by atoms with Gasteiger partial charge in [-0.25, -0.2) is 0 Å². The maximum Gasteiger partial charge on any atom is 0.121 e. The Kier molecular flexibility index (Phi) is 4.24. The summed E-state index contributed by atoms with van der Waals surface area (Å²) in [5.74, 6) is 0.721. The first-order valence-corrected chi connectivity index (χ1v) is 6.14. The minimum absolute atomic E-state index is 0.266. The summed E-state index contributed by atoms with van der Waals surface area (Å²) >= 11 is 5.97. The second-order valence-electron chi connectivity index (χ2n) is 3.98. The normalized spacial score (nSPS) is 18.4. The van der Waals surface area contributed by atoms with Crippen molar-refractivity contribution in [3.63, 3.8) is 0 Å². The summed E-state index contributed by atoms with van der Waals surface area (Å²) in [6.07, 6.45) is 4.83. The molecule has 2 rings (SSSR count). The highest BCUT2D eigenvalue weighted by atomic mass is 35.5. The van der Waals surface area contributed by atoms with Gasteiger partial charge in [-0.1, -0.05) is 22.8 Å². The van der Waals surface area contributed by atoms with Crippen molar-refractivity contribution in [1.29, 1.82) is 5.26 Å². The summed E-state index contributed by atoms with van der Waals surface area (Å²) in [5.41, 5.74) is 2.18. The molecular weight excluding hydrogens is 276 g/mol. The number of oxime groups is 1. The average molecular weight is 287 g/mol. The zero-order valence-electron chi connectivity index (χ0n) is 10.7. The lowest BCUT2D eigenvalue weighted by molar-refractivity contribution is 0.320. The van der Waals surface area contributed by atoms with Gasteiger partial charge in [0.1, 0.15) is 17.5 Å². The van der Waals surface area contributed by atoms with Gasteiger partial charge in [0.25, 0.3) is 0 Å². The molecule has 1 aromatic carbocycles. The predicted octanol–water partition coefficient (Wildman–Crippen LogP) is 3.50. The van der Waals surface area contributed by atoms with Crippen LogP contribution in [0.15, 0.2) is 58.3 Å². The predicted molar refractivity (Wildman–Crippen MR) is 77.8 cm³/mol. The molecule has 0 saturated carbocycles. The second-order valence-corrected chi connectivity index (χ2v) is 4.39. The molecule has 0 spiro atoms. The van der Waals surface area contributed by atoms with Crippen LogP contribution < -0.4 is 4.74 Å². The van der Waals surface area contributed by atoms with E-state index < -0.39 is 0 Å². The Morgan fingerprint density at radius 3 is 2.50 bits per heavy atom. The Bertz CT molecular complexity index is 677. The second kappa shape index (κ2) is 6.09. The van der Waals surface area contributed by atoms with Crippen molar-refractivity contribution in [3.05, 3.63) is 58.7 Å². The molecule has 4 nitrogen and oxygen atoms in total. The number of hydrogen-bond donors (Lipinski definition) is 1. The van der Waals surface area contributed by atoms with E-state index in [1.54, 1.807) is 49.6 Å². The molecule has 0 fully saturated rings. The number of nitriles is 1. The van der Waals surface area contributed by atoms with E-state index in [0.717, 1.165) is 11.3 Å². The molecule has 0 saturated heterocycles. The Morgan fingerprint density at radius 1 is 1.30 bits per heavy atom. The molecule has 1 aliphatic carbocycles. The van der Waals surface area contributed by atoms with E-state index in [-0.39, 0.29) is 10.7 Å². The van der Waals surface area contributed by atoms with E-state index in [4.69, 9.17) is 21.5 Å². The van der Waals surface area contributed by atoms with Gasteiger partial charge in [0.15, 0.2) is 0 Å². The third kappa shape index (κ3) is 2.73. The summed E-state index contributed by atoms with van der Waals surface area (Å²) in [7, 11) is 1.58. The average Bonchev–Trinajstić information content (AvgIpc) is 2.49. The van der Waals surface area contributed by atoms with Crippen LogP contribution >= 0.6 is 11.6 Å². The highest BCUT2D eigenvalue weighted by Gasteiger charge is 2.12. The van der Waals surface area contributed by atoms with E-state index in [9.17, 15) is 5.26 Å². The van der Waals surface area contributed by atoms with Crippen LogP contribution in [-0.2, 0) is 0 Å². The van der Waals surface area contributed by atoms with Crippen LogP contribution in [0, 0.1) is 11.3 Å². The molecule has 0 unspecified atom stereocenters. The summed E-state index contributed by atoms with van der Waals surface area (Å²) in [6, 6.07) is 9.33. The molecule has 0 aromatic heterocycles. The molecule has 1 aromatic rings. The molecule has 0 heterocycles. The van der Waals surface area contributed by atoms with Crippen LogP contribution in [0.3, 0.4) is 0 Å². The zero-order valence-corrected chi connectivity index (χ0v) is 11.4. The highest BCUT2D eigenvalue weighted by Crippen LogP contribution is 2.26. The number of benzene rings is 1. The third-order valence-electron chi connectivity index (χ3n) is 2.83. The number of rotatable bonds is 2. The van der Waals surface area contributed by atoms with Crippen molar-refractivity contribution in [1.82, 2.24) is 0 Å². The summed E-state index contributed by atoms with van der Waals surface area (Å²) in [4.78, 5) is 0. The van der Waals surface area contributed by atoms with Gasteiger partial charge in [0, 0.05) is 0 Å². The van der Waals surface area contributed by atoms with Crippen molar-refractivity contribution in [2.75, 3.05) is 7.11 Å². The Balaban J connectivity index is 2.47. The Morgan fingerprint density at radius 2 is 2.00 bits per heavy atom. The van der Waals surface area contributed by atoms with Gasteiger partial charge in [-0.15, -0.1) is 0 Å². The summed E-state index contributed by atoms with van der Waals surface area (Å²) in [5, 5.41) is 21.4. The van der Waals surface area contributed by atoms with Crippen LogP contribution in [0.1, 0.15) is 5.56 Å². The van der Waals surface area contributed by atoms with E-state index in [0.29, 0.717) is 11.1 Å². The van der Waals surface area contributed by atoms with Crippen molar-refractivity contribution in [3.8, 4) is 11.8 Å². The molecule has 1 aliphatic rings. The van der Waals surface area contributed by atoms with Crippen molar-refractivity contribution >= 4 is 22.9 Å². The smallest absolute Gasteiger partial charge is 0.121 e. The van der Waals surface area contributed by atoms with Crippen LogP contribution in [0.5, 0.6) is 5.75 Å².